The lowest BCUT2D eigenvalue weighted by atomic mass is 9.99. The van der Waals surface area contributed by atoms with Gasteiger partial charge in [0.15, 0.2) is 0 Å². The van der Waals surface area contributed by atoms with E-state index in [2.05, 4.69) is 31.9 Å². The average Bonchev–Trinajstić information content (AvgIpc) is 3.33. The Morgan fingerprint density at radius 1 is 1.21 bits per heavy atom. The van der Waals surface area contributed by atoms with Crippen molar-refractivity contribution in [2.45, 2.75) is 18.6 Å². The first kappa shape index (κ1) is 19.1. The Balaban J connectivity index is 1.57. The Morgan fingerprint density at radius 2 is 2.11 bits per heavy atom. The van der Waals surface area contributed by atoms with E-state index in [1.807, 2.05) is 24.3 Å². The standard InChI is InChI=1S/C19H29N7O2/c1-23-4-3-5-25(7-6-23)13-17-18(15-10-22-24(2)12-15)26(8-9-28-17)19(27)16-11-20-14-21-16/h10-12,14,17-18H,3-9,13H2,1-2H3,(H,20,21)/t17-,18-/m0/s1. The minimum atomic E-state index is -0.167. The van der Waals surface area contributed by atoms with Gasteiger partial charge in [-0.3, -0.25) is 14.4 Å². The molecule has 1 N–H and O–H groups in total. The molecule has 2 aromatic heterocycles. The summed E-state index contributed by atoms with van der Waals surface area (Å²) >= 11 is 0. The van der Waals surface area contributed by atoms with Crippen LogP contribution in [0.25, 0.3) is 0 Å². The van der Waals surface area contributed by atoms with Crippen LogP contribution in [0.1, 0.15) is 28.5 Å². The number of nitrogens with zero attached hydrogens (tertiary/aromatic N) is 6. The highest BCUT2D eigenvalue weighted by Gasteiger charge is 2.38. The number of aromatic amines is 1. The number of imidazole rings is 1. The van der Waals surface area contributed by atoms with Crippen LogP contribution in [0.5, 0.6) is 0 Å². The molecule has 2 aliphatic rings. The van der Waals surface area contributed by atoms with E-state index < -0.39 is 0 Å². The van der Waals surface area contributed by atoms with Gasteiger partial charge in [-0.15, -0.1) is 0 Å². The quantitative estimate of drug-likeness (QED) is 0.816. The number of aryl methyl sites for hydroxylation is 1. The molecule has 0 saturated carbocycles. The summed E-state index contributed by atoms with van der Waals surface area (Å²) in [5, 5.41) is 4.34. The predicted molar refractivity (Wildman–Crippen MR) is 104 cm³/mol. The lowest BCUT2D eigenvalue weighted by Gasteiger charge is -2.42. The van der Waals surface area contributed by atoms with Gasteiger partial charge in [-0.1, -0.05) is 0 Å². The van der Waals surface area contributed by atoms with E-state index in [1.54, 1.807) is 10.9 Å². The molecule has 0 radical (unpaired) electrons. The second kappa shape index (κ2) is 8.42. The molecule has 2 atom stereocenters. The van der Waals surface area contributed by atoms with Crippen LogP contribution < -0.4 is 0 Å². The SMILES string of the molecule is CN1CCCN(C[C@@H]2OCCN(C(=O)c3cnc[nH]3)[C@H]2c2cnn(C)c2)CC1. The molecule has 4 heterocycles. The molecule has 2 fully saturated rings. The minimum Gasteiger partial charge on any atom is -0.373 e. The number of rotatable bonds is 4. The molecule has 9 heteroatoms. The zero-order valence-corrected chi connectivity index (χ0v) is 16.6. The average molecular weight is 387 g/mol. The van der Waals surface area contributed by atoms with Gasteiger partial charge in [0.2, 0.25) is 0 Å². The number of carbonyl (C=O) groups is 1. The summed E-state index contributed by atoms with van der Waals surface area (Å²) in [6.07, 6.45) is 8.01. The first-order valence-electron chi connectivity index (χ1n) is 9.92. The molecule has 152 valence electrons. The molecule has 9 nitrogen and oxygen atoms in total. The molecule has 2 aliphatic heterocycles. The van der Waals surface area contributed by atoms with E-state index in [9.17, 15) is 4.79 Å². The van der Waals surface area contributed by atoms with Crippen LogP contribution in [0.3, 0.4) is 0 Å². The van der Waals surface area contributed by atoms with Crippen molar-refractivity contribution in [1.82, 2.24) is 34.4 Å². The molecule has 4 rings (SSSR count). The van der Waals surface area contributed by atoms with Crippen LogP contribution in [-0.4, -0.2) is 99.4 Å². The molecular formula is C19H29N7O2. The number of carbonyl (C=O) groups excluding carboxylic acids is 1. The molecular weight excluding hydrogens is 358 g/mol. The van der Waals surface area contributed by atoms with Gasteiger partial charge in [0, 0.05) is 45.0 Å². The van der Waals surface area contributed by atoms with Gasteiger partial charge in [0.05, 0.1) is 37.5 Å². The Hall–Kier alpha value is -2.23. The molecule has 2 saturated heterocycles. The fourth-order valence-corrected chi connectivity index (χ4v) is 4.17. The molecule has 0 spiro atoms. The fraction of sp³-hybridized carbons (Fsp3) is 0.632. The van der Waals surface area contributed by atoms with Crippen molar-refractivity contribution in [3.05, 3.63) is 36.2 Å². The van der Waals surface area contributed by atoms with Gasteiger partial charge < -0.3 is 19.5 Å². The van der Waals surface area contributed by atoms with Crippen LogP contribution in [-0.2, 0) is 11.8 Å². The zero-order chi connectivity index (χ0) is 19.5. The van der Waals surface area contributed by atoms with E-state index >= 15 is 0 Å². The highest BCUT2D eigenvalue weighted by molar-refractivity contribution is 5.92. The van der Waals surface area contributed by atoms with Gasteiger partial charge in [-0.05, 0) is 26.6 Å². The Morgan fingerprint density at radius 3 is 2.86 bits per heavy atom. The molecule has 0 bridgehead atoms. The topological polar surface area (TPSA) is 82.5 Å². The summed E-state index contributed by atoms with van der Waals surface area (Å²) in [6.45, 7) is 6.15. The van der Waals surface area contributed by atoms with Gasteiger partial charge in [-0.2, -0.15) is 5.10 Å². The number of likely N-dealkylation sites (N-methyl/N-ethyl adjacent to an activating group) is 1. The second-order valence-corrected chi connectivity index (χ2v) is 7.72. The van der Waals surface area contributed by atoms with E-state index in [0.717, 1.165) is 44.7 Å². The third kappa shape index (κ3) is 4.11. The van der Waals surface area contributed by atoms with Crippen LogP contribution in [0.4, 0.5) is 0 Å². The molecule has 0 unspecified atom stereocenters. The summed E-state index contributed by atoms with van der Waals surface area (Å²) in [6, 6.07) is -0.167. The minimum absolute atomic E-state index is 0.0461. The summed E-state index contributed by atoms with van der Waals surface area (Å²) in [7, 11) is 4.07. The summed E-state index contributed by atoms with van der Waals surface area (Å²) in [4.78, 5) is 26.8. The predicted octanol–water partition coefficient (Wildman–Crippen LogP) is 0.363. The molecule has 0 aromatic carbocycles. The van der Waals surface area contributed by atoms with E-state index in [0.29, 0.717) is 18.8 Å². The lowest BCUT2D eigenvalue weighted by molar-refractivity contribution is -0.0724. The molecule has 28 heavy (non-hydrogen) atoms. The number of amides is 1. The largest absolute Gasteiger partial charge is 0.373 e. The molecule has 1 amide bonds. The van der Waals surface area contributed by atoms with Crippen molar-refractivity contribution in [2.24, 2.45) is 7.05 Å². The van der Waals surface area contributed by atoms with Gasteiger partial charge >= 0.3 is 0 Å². The van der Waals surface area contributed by atoms with Crippen molar-refractivity contribution in [3.8, 4) is 0 Å². The zero-order valence-electron chi connectivity index (χ0n) is 16.6. The Kier molecular flexibility index (Phi) is 5.74. The van der Waals surface area contributed by atoms with Crippen LogP contribution in [0.2, 0.25) is 0 Å². The number of morpholine rings is 1. The maximum atomic E-state index is 13.1. The van der Waals surface area contributed by atoms with Gasteiger partial charge in [0.1, 0.15) is 5.69 Å². The normalized spacial score (nSPS) is 25.0. The number of ether oxygens (including phenoxy) is 1. The van der Waals surface area contributed by atoms with Crippen LogP contribution >= 0.6 is 0 Å². The maximum absolute atomic E-state index is 13.1. The number of H-pyrrole nitrogens is 1. The maximum Gasteiger partial charge on any atom is 0.272 e. The number of hydrogen-bond donors (Lipinski definition) is 1. The Labute approximate surface area is 165 Å². The van der Waals surface area contributed by atoms with Crippen molar-refractivity contribution in [3.63, 3.8) is 0 Å². The molecule has 0 aliphatic carbocycles. The molecule has 2 aromatic rings. The first-order valence-corrected chi connectivity index (χ1v) is 9.92. The van der Waals surface area contributed by atoms with Crippen molar-refractivity contribution >= 4 is 5.91 Å². The van der Waals surface area contributed by atoms with Gasteiger partial charge in [-0.25, -0.2) is 4.98 Å². The lowest BCUT2D eigenvalue weighted by Crippen LogP contribution is -2.52. The number of nitrogens with one attached hydrogen (secondary N) is 1. The van der Waals surface area contributed by atoms with Crippen molar-refractivity contribution < 1.29 is 9.53 Å². The third-order valence-corrected chi connectivity index (χ3v) is 5.66. The van der Waals surface area contributed by atoms with E-state index in [4.69, 9.17) is 4.74 Å². The van der Waals surface area contributed by atoms with E-state index in [-0.39, 0.29) is 18.1 Å². The smallest absolute Gasteiger partial charge is 0.272 e. The van der Waals surface area contributed by atoms with Crippen molar-refractivity contribution in [2.75, 3.05) is 52.9 Å². The van der Waals surface area contributed by atoms with Gasteiger partial charge in [0.25, 0.3) is 5.91 Å². The van der Waals surface area contributed by atoms with Crippen LogP contribution in [0, 0.1) is 0 Å². The highest BCUT2D eigenvalue weighted by Crippen LogP contribution is 2.31. The number of hydrogen-bond acceptors (Lipinski definition) is 6. The van der Waals surface area contributed by atoms with Crippen molar-refractivity contribution in [1.29, 1.82) is 0 Å². The summed E-state index contributed by atoms with van der Waals surface area (Å²) < 4.78 is 7.99. The highest BCUT2D eigenvalue weighted by atomic mass is 16.5. The summed E-state index contributed by atoms with van der Waals surface area (Å²) in [5.74, 6) is -0.0461. The Bertz CT molecular complexity index is 775. The van der Waals surface area contributed by atoms with Crippen LogP contribution in [0.15, 0.2) is 24.9 Å². The second-order valence-electron chi connectivity index (χ2n) is 7.72. The van der Waals surface area contributed by atoms with E-state index in [1.165, 1.54) is 6.33 Å². The first-order chi connectivity index (χ1) is 13.6. The fourth-order valence-electron chi connectivity index (χ4n) is 4.17. The monoisotopic (exact) mass is 387 g/mol. The number of aromatic nitrogens is 4. The summed E-state index contributed by atoms with van der Waals surface area (Å²) in [5.41, 5.74) is 1.51. The third-order valence-electron chi connectivity index (χ3n) is 5.66.